The average Bonchev–Trinajstić information content (AvgIpc) is 2.83. The van der Waals surface area contributed by atoms with Crippen LogP contribution in [0.15, 0.2) is 0 Å². The Labute approximate surface area is 90.8 Å². The molecule has 1 aliphatic rings. The van der Waals surface area contributed by atoms with E-state index in [2.05, 4.69) is 15.9 Å². The largest absolute Gasteiger partial charge is 0.402 e. The van der Waals surface area contributed by atoms with Crippen molar-refractivity contribution in [1.82, 2.24) is 4.90 Å². The van der Waals surface area contributed by atoms with Gasteiger partial charge >= 0.3 is 6.18 Å². The van der Waals surface area contributed by atoms with Crippen LogP contribution in [0, 0.1) is 5.92 Å². The summed E-state index contributed by atoms with van der Waals surface area (Å²) in [6.07, 6.45) is -1.83. The molecule has 0 aromatic rings. The second kappa shape index (κ2) is 4.39. The maximum atomic E-state index is 12.2. The highest BCUT2D eigenvalue weighted by Gasteiger charge is 2.40. The lowest BCUT2D eigenvalue weighted by atomic mass is 10.2. The summed E-state index contributed by atoms with van der Waals surface area (Å²) in [5.74, 6) is 0.605. The number of rotatable bonds is 4. The summed E-state index contributed by atoms with van der Waals surface area (Å²) >= 11 is 2.67. The van der Waals surface area contributed by atoms with Crippen LogP contribution in [0.1, 0.15) is 19.8 Å². The standard InChI is InChI=1S/C9H15BrF3N/c1-6(7-3-4-7)14(2)5-8(10)9(11,12)13/h6-8H,3-5H2,1-2H3. The van der Waals surface area contributed by atoms with E-state index in [0.29, 0.717) is 5.92 Å². The minimum absolute atomic E-state index is 0.0289. The van der Waals surface area contributed by atoms with Crippen molar-refractivity contribution in [3.05, 3.63) is 0 Å². The number of halogens is 4. The van der Waals surface area contributed by atoms with Gasteiger partial charge in [-0.1, -0.05) is 15.9 Å². The molecule has 1 fully saturated rings. The summed E-state index contributed by atoms with van der Waals surface area (Å²) in [6, 6.07) is 0.261. The molecule has 0 radical (unpaired) electrons. The lowest BCUT2D eigenvalue weighted by molar-refractivity contribution is -0.130. The van der Waals surface area contributed by atoms with Crippen LogP contribution in [0.3, 0.4) is 0 Å². The molecule has 2 atom stereocenters. The molecule has 0 bridgehead atoms. The molecule has 1 saturated carbocycles. The van der Waals surface area contributed by atoms with Crippen molar-refractivity contribution in [2.24, 2.45) is 5.92 Å². The highest BCUT2D eigenvalue weighted by Crippen LogP contribution is 2.35. The highest BCUT2D eigenvalue weighted by molar-refractivity contribution is 9.09. The number of hydrogen-bond donors (Lipinski definition) is 0. The van der Waals surface area contributed by atoms with Crippen LogP contribution in [0.25, 0.3) is 0 Å². The zero-order valence-corrected chi connectivity index (χ0v) is 9.90. The highest BCUT2D eigenvalue weighted by atomic mass is 79.9. The van der Waals surface area contributed by atoms with Gasteiger partial charge in [0.05, 0.1) is 0 Å². The summed E-state index contributed by atoms with van der Waals surface area (Å²) in [5, 5.41) is 0. The zero-order valence-electron chi connectivity index (χ0n) is 8.31. The van der Waals surface area contributed by atoms with E-state index in [9.17, 15) is 13.2 Å². The van der Waals surface area contributed by atoms with Gasteiger partial charge in [0.15, 0.2) is 0 Å². The van der Waals surface area contributed by atoms with E-state index in [1.807, 2.05) is 6.92 Å². The molecular weight excluding hydrogens is 259 g/mol. The van der Waals surface area contributed by atoms with Crippen LogP contribution >= 0.6 is 15.9 Å². The van der Waals surface area contributed by atoms with Crippen LogP contribution in [-0.2, 0) is 0 Å². The minimum Gasteiger partial charge on any atom is -0.302 e. The molecule has 1 rings (SSSR count). The number of alkyl halides is 4. The quantitative estimate of drug-likeness (QED) is 0.712. The van der Waals surface area contributed by atoms with Gasteiger partial charge in [0.1, 0.15) is 4.83 Å². The van der Waals surface area contributed by atoms with E-state index in [0.717, 1.165) is 12.8 Å². The fourth-order valence-electron chi connectivity index (χ4n) is 1.46. The molecule has 0 amide bonds. The molecule has 5 heteroatoms. The van der Waals surface area contributed by atoms with E-state index < -0.39 is 11.0 Å². The molecule has 0 aromatic carbocycles. The normalized spacial score (nSPS) is 22.5. The van der Waals surface area contributed by atoms with Gasteiger partial charge in [-0.15, -0.1) is 0 Å². The van der Waals surface area contributed by atoms with Crippen molar-refractivity contribution in [3.63, 3.8) is 0 Å². The monoisotopic (exact) mass is 273 g/mol. The first-order valence-corrected chi connectivity index (χ1v) is 5.65. The van der Waals surface area contributed by atoms with Gasteiger partial charge in [-0.25, -0.2) is 0 Å². The number of nitrogens with zero attached hydrogens (tertiary/aromatic N) is 1. The van der Waals surface area contributed by atoms with Gasteiger partial charge in [-0.05, 0) is 32.7 Å². The lowest BCUT2D eigenvalue weighted by Crippen LogP contribution is -2.40. The van der Waals surface area contributed by atoms with E-state index in [-0.39, 0.29) is 12.6 Å². The Morgan fingerprint density at radius 1 is 1.43 bits per heavy atom. The first-order chi connectivity index (χ1) is 6.32. The molecule has 0 spiro atoms. The van der Waals surface area contributed by atoms with Gasteiger partial charge in [-0.2, -0.15) is 13.2 Å². The van der Waals surface area contributed by atoms with Crippen LogP contribution < -0.4 is 0 Å². The first-order valence-electron chi connectivity index (χ1n) is 4.73. The second-order valence-electron chi connectivity index (χ2n) is 4.03. The van der Waals surface area contributed by atoms with E-state index in [1.54, 1.807) is 11.9 Å². The summed E-state index contributed by atoms with van der Waals surface area (Å²) in [6.45, 7) is 2.02. The number of hydrogen-bond acceptors (Lipinski definition) is 1. The Bertz CT molecular complexity index is 191. The van der Waals surface area contributed by atoms with Crippen molar-refractivity contribution in [3.8, 4) is 0 Å². The van der Waals surface area contributed by atoms with E-state index in [4.69, 9.17) is 0 Å². The fourth-order valence-corrected chi connectivity index (χ4v) is 1.92. The molecule has 0 saturated heterocycles. The molecule has 0 N–H and O–H groups in total. The molecule has 2 unspecified atom stereocenters. The van der Waals surface area contributed by atoms with Gasteiger partial charge in [0.2, 0.25) is 0 Å². The molecule has 0 aromatic heterocycles. The van der Waals surface area contributed by atoms with Crippen LogP contribution in [0.4, 0.5) is 13.2 Å². The van der Waals surface area contributed by atoms with Crippen LogP contribution in [0.5, 0.6) is 0 Å². The SMILES string of the molecule is CC(C1CC1)N(C)CC(Br)C(F)(F)F. The maximum absolute atomic E-state index is 12.2. The van der Waals surface area contributed by atoms with Crippen molar-refractivity contribution in [1.29, 1.82) is 0 Å². The summed E-state index contributed by atoms with van der Waals surface area (Å²) in [4.78, 5) is 0.367. The predicted octanol–water partition coefficient (Wildman–Crippen LogP) is 3.04. The molecule has 1 aliphatic carbocycles. The molecule has 1 nitrogen and oxygen atoms in total. The van der Waals surface area contributed by atoms with Gasteiger partial charge in [-0.3, -0.25) is 0 Å². The Hall–Kier alpha value is 0.230. The van der Waals surface area contributed by atoms with Crippen molar-refractivity contribution in [2.45, 2.75) is 36.8 Å². The van der Waals surface area contributed by atoms with Gasteiger partial charge in [0.25, 0.3) is 0 Å². The van der Waals surface area contributed by atoms with Crippen LogP contribution in [0.2, 0.25) is 0 Å². The lowest BCUT2D eigenvalue weighted by Gasteiger charge is -2.27. The Morgan fingerprint density at radius 2 is 1.93 bits per heavy atom. The maximum Gasteiger partial charge on any atom is 0.402 e. The second-order valence-corrected chi connectivity index (χ2v) is 5.13. The third-order valence-electron chi connectivity index (χ3n) is 2.80. The van der Waals surface area contributed by atoms with E-state index >= 15 is 0 Å². The minimum atomic E-state index is -4.14. The topological polar surface area (TPSA) is 3.24 Å². The molecule has 0 heterocycles. The smallest absolute Gasteiger partial charge is 0.302 e. The fraction of sp³-hybridized carbons (Fsp3) is 1.00. The molecular formula is C9H15BrF3N. The third kappa shape index (κ3) is 3.42. The summed E-state index contributed by atoms with van der Waals surface area (Å²) in [5.41, 5.74) is 0. The molecule has 14 heavy (non-hydrogen) atoms. The Balaban J connectivity index is 2.35. The van der Waals surface area contributed by atoms with Crippen molar-refractivity contribution in [2.75, 3.05) is 13.6 Å². The van der Waals surface area contributed by atoms with Crippen molar-refractivity contribution >= 4 is 15.9 Å². The zero-order chi connectivity index (χ0) is 10.9. The molecule has 0 aliphatic heterocycles. The first kappa shape index (κ1) is 12.3. The Kier molecular flexibility index (Phi) is 3.86. The van der Waals surface area contributed by atoms with Crippen molar-refractivity contribution < 1.29 is 13.2 Å². The Morgan fingerprint density at radius 3 is 2.29 bits per heavy atom. The van der Waals surface area contributed by atoms with Gasteiger partial charge in [0, 0.05) is 12.6 Å². The van der Waals surface area contributed by atoms with E-state index in [1.165, 1.54) is 0 Å². The van der Waals surface area contributed by atoms with Crippen LogP contribution in [-0.4, -0.2) is 35.5 Å². The molecule has 84 valence electrons. The average molecular weight is 274 g/mol. The third-order valence-corrected chi connectivity index (χ3v) is 3.61. The predicted molar refractivity (Wildman–Crippen MR) is 53.6 cm³/mol. The summed E-state index contributed by atoms with van der Waals surface area (Å²) in [7, 11) is 1.75. The van der Waals surface area contributed by atoms with Gasteiger partial charge < -0.3 is 4.90 Å². The summed E-state index contributed by atoms with van der Waals surface area (Å²) < 4.78 is 36.6.